The van der Waals surface area contributed by atoms with Gasteiger partial charge in [0.05, 0.1) is 0 Å². The van der Waals surface area contributed by atoms with Crippen molar-refractivity contribution >= 4 is 0 Å². The van der Waals surface area contributed by atoms with Gasteiger partial charge in [-0.25, -0.2) is 0 Å². The summed E-state index contributed by atoms with van der Waals surface area (Å²) >= 11 is 0. The van der Waals surface area contributed by atoms with Gasteiger partial charge in [-0.15, -0.1) is 0 Å². The topological polar surface area (TPSA) is 68.2 Å². The Kier molecular flexibility index (Phi) is 2.76. The molecular formula is C20H18O5. The molecule has 2 aromatic carbocycles. The maximum atomic E-state index is 11.2. The van der Waals surface area contributed by atoms with Gasteiger partial charge in [-0.3, -0.25) is 0 Å². The van der Waals surface area contributed by atoms with E-state index in [-0.39, 0.29) is 12.4 Å². The summed E-state index contributed by atoms with van der Waals surface area (Å²) in [5.74, 6) is 3.02. The first-order valence-corrected chi connectivity index (χ1v) is 8.32. The Balaban J connectivity index is 1.62. The molecule has 0 aliphatic carbocycles. The Morgan fingerprint density at radius 2 is 1.96 bits per heavy atom. The largest absolute Gasteiger partial charge is 0.508 e. The second-order valence-electron chi connectivity index (χ2n) is 7.09. The van der Waals surface area contributed by atoms with Crippen molar-refractivity contribution in [1.82, 2.24) is 0 Å². The summed E-state index contributed by atoms with van der Waals surface area (Å²) in [6.07, 6.45) is 0.165. The van der Waals surface area contributed by atoms with Crippen LogP contribution in [0.5, 0.6) is 23.0 Å². The zero-order chi connectivity index (χ0) is 17.3. The molecule has 3 aliphatic rings. The molecule has 128 valence electrons. The standard InChI is InChI=1S/C20H18O5/c1-10(2)15-6-11-5-13-17(8-16(11)24-15)23-9-20(22)14-4-3-12(21)7-18(14)25-19(13)20/h3-5,7-8,19,21-22H,6,9H2,1-2H3/t19-,20+/m0/s1. The number of aromatic hydroxyl groups is 1. The fourth-order valence-electron chi connectivity index (χ4n) is 3.80. The van der Waals surface area contributed by atoms with E-state index in [0.717, 1.165) is 34.6 Å². The molecule has 25 heavy (non-hydrogen) atoms. The Bertz CT molecular complexity index is 941. The van der Waals surface area contributed by atoms with Gasteiger partial charge < -0.3 is 24.4 Å². The Morgan fingerprint density at radius 3 is 2.76 bits per heavy atom. The highest BCUT2D eigenvalue weighted by molar-refractivity contribution is 5.57. The summed E-state index contributed by atoms with van der Waals surface area (Å²) in [7, 11) is 0. The summed E-state index contributed by atoms with van der Waals surface area (Å²) in [6, 6.07) is 8.65. The van der Waals surface area contributed by atoms with Crippen LogP contribution in [0.25, 0.3) is 0 Å². The third kappa shape index (κ3) is 1.93. The van der Waals surface area contributed by atoms with Crippen molar-refractivity contribution in [2.75, 3.05) is 6.61 Å². The van der Waals surface area contributed by atoms with Crippen LogP contribution in [0, 0.1) is 0 Å². The average Bonchev–Trinajstić information content (AvgIpc) is 3.11. The molecule has 3 heterocycles. The maximum Gasteiger partial charge on any atom is 0.168 e. The van der Waals surface area contributed by atoms with Gasteiger partial charge >= 0.3 is 0 Å². The van der Waals surface area contributed by atoms with Crippen LogP contribution >= 0.6 is 0 Å². The lowest BCUT2D eigenvalue weighted by Gasteiger charge is -2.35. The van der Waals surface area contributed by atoms with E-state index in [0.29, 0.717) is 17.1 Å². The van der Waals surface area contributed by atoms with E-state index in [9.17, 15) is 10.2 Å². The lowest BCUT2D eigenvalue weighted by molar-refractivity contribution is -0.0864. The minimum atomic E-state index is -1.26. The molecule has 0 saturated heterocycles. The number of phenols is 1. The fourth-order valence-corrected chi connectivity index (χ4v) is 3.80. The SMILES string of the molecule is CC(C)=C1Cc2cc3c(cc2O1)OC[C@@]1(O)c2ccc(O)cc2O[C@@H]31. The van der Waals surface area contributed by atoms with Crippen molar-refractivity contribution in [3.63, 3.8) is 0 Å². The van der Waals surface area contributed by atoms with Crippen LogP contribution in [0.4, 0.5) is 0 Å². The zero-order valence-electron chi connectivity index (χ0n) is 14.0. The maximum absolute atomic E-state index is 11.2. The van der Waals surface area contributed by atoms with Gasteiger partial charge in [0, 0.05) is 35.2 Å². The first-order valence-electron chi connectivity index (χ1n) is 8.32. The van der Waals surface area contributed by atoms with E-state index >= 15 is 0 Å². The van der Waals surface area contributed by atoms with Gasteiger partial charge in [0.15, 0.2) is 11.7 Å². The molecule has 2 atom stereocenters. The molecule has 5 heteroatoms. The Morgan fingerprint density at radius 1 is 1.12 bits per heavy atom. The molecule has 2 N–H and O–H groups in total. The monoisotopic (exact) mass is 338 g/mol. The van der Waals surface area contributed by atoms with Crippen LogP contribution in [0.15, 0.2) is 41.7 Å². The molecule has 0 bridgehead atoms. The number of aliphatic hydroxyl groups is 1. The Labute approximate surface area is 145 Å². The number of phenolic OH excluding ortho intramolecular Hbond substituents is 1. The summed E-state index contributed by atoms with van der Waals surface area (Å²) in [4.78, 5) is 0. The van der Waals surface area contributed by atoms with Crippen LogP contribution < -0.4 is 14.2 Å². The highest BCUT2D eigenvalue weighted by atomic mass is 16.5. The van der Waals surface area contributed by atoms with E-state index in [1.807, 2.05) is 26.0 Å². The van der Waals surface area contributed by atoms with Crippen LogP contribution in [0.3, 0.4) is 0 Å². The minimum Gasteiger partial charge on any atom is -0.508 e. The van der Waals surface area contributed by atoms with E-state index in [1.165, 1.54) is 6.07 Å². The highest BCUT2D eigenvalue weighted by Gasteiger charge is 2.53. The predicted octanol–water partition coefficient (Wildman–Crippen LogP) is 3.33. The first-order chi connectivity index (χ1) is 12.0. The summed E-state index contributed by atoms with van der Waals surface area (Å²) in [5, 5.41) is 20.9. The second kappa shape index (κ2) is 4.70. The highest BCUT2D eigenvalue weighted by Crippen LogP contribution is 2.55. The number of rotatable bonds is 0. The number of hydrogen-bond donors (Lipinski definition) is 2. The van der Waals surface area contributed by atoms with E-state index in [4.69, 9.17) is 14.2 Å². The molecule has 5 rings (SSSR count). The fraction of sp³-hybridized carbons (Fsp3) is 0.300. The van der Waals surface area contributed by atoms with Crippen LogP contribution in [0.2, 0.25) is 0 Å². The van der Waals surface area contributed by atoms with Gasteiger partial charge in [-0.05, 0) is 37.6 Å². The van der Waals surface area contributed by atoms with Gasteiger partial charge in [0.25, 0.3) is 0 Å². The van der Waals surface area contributed by atoms with Gasteiger partial charge in [-0.1, -0.05) is 0 Å². The van der Waals surface area contributed by atoms with Gasteiger partial charge in [0.1, 0.15) is 35.4 Å². The van der Waals surface area contributed by atoms with Gasteiger partial charge in [-0.2, -0.15) is 0 Å². The lowest BCUT2D eigenvalue weighted by atomic mass is 9.84. The van der Waals surface area contributed by atoms with Crippen LogP contribution in [-0.2, 0) is 12.0 Å². The number of ether oxygens (including phenoxy) is 3. The number of hydrogen-bond acceptors (Lipinski definition) is 5. The first kappa shape index (κ1) is 14.7. The summed E-state index contributed by atoms with van der Waals surface area (Å²) in [6.45, 7) is 4.15. The molecular weight excluding hydrogens is 320 g/mol. The van der Waals surface area contributed by atoms with Crippen LogP contribution in [0.1, 0.15) is 36.6 Å². The molecule has 0 radical (unpaired) electrons. The van der Waals surface area contributed by atoms with Crippen molar-refractivity contribution in [3.05, 3.63) is 58.4 Å². The lowest BCUT2D eigenvalue weighted by Crippen LogP contribution is -2.41. The molecule has 0 aromatic heterocycles. The average molecular weight is 338 g/mol. The molecule has 0 unspecified atom stereocenters. The molecule has 0 amide bonds. The van der Waals surface area contributed by atoms with E-state index < -0.39 is 11.7 Å². The van der Waals surface area contributed by atoms with Crippen LogP contribution in [-0.4, -0.2) is 16.8 Å². The molecule has 3 aliphatic heterocycles. The predicted molar refractivity (Wildman–Crippen MR) is 90.0 cm³/mol. The van der Waals surface area contributed by atoms with E-state index in [1.54, 1.807) is 12.1 Å². The number of benzene rings is 2. The van der Waals surface area contributed by atoms with Gasteiger partial charge in [0.2, 0.25) is 0 Å². The zero-order valence-corrected chi connectivity index (χ0v) is 14.0. The molecule has 5 nitrogen and oxygen atoms in total. The van der Waals surface area contributed by atoms with Crippen molar-refractivity contribution in [1.29, 1.82) is 0 Å². The van der Waals surface area contributed by atoms with Crippen molar-refractivity contribution in [2.24, 2.45) is 0 Å². The molecule has 0 spiro atoms. The third-order valence-corrected chi connectivity index (χ3v) is 5.18. The minimum absolute atomic E-state index is 0.0940. The summed E-state index contributed by atoms with van der Waals surface area (Å²) < 4.78 is 17.8. The Hall–Kier alpha value is -2.66. The third-order valence-electron chi connectivity index (χ3n) is 5.18. The number of allylic oxidation sites excluding steroid dienone is 2. The molecule has 0 fully saturated rings. The van der Waals surface area contributed by atoms with Crippen molar-refractivity contribution < 1.29 is 24.4 Å². The smallest absolute Gasteiger partial charge is 0.168 e. The number of fused-ring (bicyclic) bond motifs is 6. The van der Waals surface area contributed by atoms with Crippen molar-refractivity contribution in [2.45, 2.75) is 32.0 Å². The summed E-state index contributed by atoms with van der Waals surface area (Å²) in [5.41, 5.74) is 2.39. The molecule has 2 aromatic rings. The quantitative estimate of drug-likeness (QED) is 0.771. The second-order valence-corrected chi connectivity index (χ2v) is 7.09. The normalized spacial score (nSPS) is 25.1. The molecule has 0 saturated carbocycles. The van der Waals surface area contributed by atoms with Crippen molar-refractivity contribution in [3.8, 4) is 23.0 Å². The van der Waals surface area contributed by atoms with E-state index in [2.05, 4.69) is 0 Å².